The summed E-state index contributed by atoms with van der Waals surface area (Å²) in [6.07, 6.45) is 7.02. The minimum atomic E-state index is -3.29. The summed E-state index contributed by atoms with van der Waals surface area (Å²) >= 11 is 12.6. The number of nitrogens with zero attached hydrogens (tertiary/aromatic N) is 2. The largest absolute Gasteiger partial charge is 0.465 e. The van der Waals surface area contributed by atoms with Crippen molar-refractivity contribution in [2.45, 2.75) is 11.4 Å². The number of hydrogen-bond acceptors (Lipinski definition) is 5. The first-order valence-corrected chi connectivity index (χ1v) is 15.5. The van der Waals surface area contributed by atoms with Gasteiger partial charge in [-0.05, 0) is 70.8 Å². The molecule has 0 saturated carbocycles. The van der Waals surface area contributed by atoms with Crippen molar-refractivity contribution in [1.82, 2.24) is 9.55 Å². The fraction of sp³-hybridized carbons (Fsp3) is 0.0909. The first-order valence-electron chi connectivity index (χ1n) is 12.9. The lowest BCUT2D eigenvalue weighted by atomic mass is 10.0. The second kappa shape index (κ2) is 12.4. The fourth-order valence-electron chi connectivity index (χ4n) is 4.44. The molecule has 0 atom stereocenters. The molecule has 1 aromatic heterocycles. The Morgan fingerprint density at radius 1 is 0.905 bits per heavy atom. The van der Waals surface area contributed by atoms with Crippen LogP contribution in [0.25, 0.3) is 34.5 Å². The number of sulfone groups is 1. The molecule has 0 fully saturated rings. The molecular weight excluding hydrogens is 591 g/mol. The Hall–Kier alpha value is -4.17. The second-order valence-electron chi connectivity index (χ2n) is 9.68. The second-order valence-corrected chi connectivity index (χ2v) is 12.5. The molecule has 1 heterocycles. The third-order valence-corrected chi connectivity index (χ3v) is 8.33. The number of halogens is 2. The van der Waals surface area contributed by atoms with Gasteiger partial charge in [0.05, 0.1) is 28.3 Å². The first kappa shape index (κ1) is 29.3. The quantitative estimate of drug-likeness (QED) is 0.165. The molecule has 42 heavy (non-hydrogen) atoms. The Morgan fingerprint density at radius 3 is 2.31 bits per heavy atom. The van der Waals surface area contributed by atoms with E-state index in [-0.39, 0.29) is 10.9 Å². The zero-order valence-corrected chi connectivity index (χ0v) is 25.1. The summed E-state index contributed by atoms with van der Waals surface area (Å²) in [5.41, 5.74) is 5.60. The van der Waals surface area contributed by atoms with E-state index in [1.54, 1.807) is 42.5 Å². The minimum Gasteiger partial charge on any atom is -0.465 e. The maximum absolute atomic E-state index is 12.0. The van der Waals surface area contributed by atoms with E-state index in [0.717, 1.165) is 27.8 Å². The Labute approximate surface area is 254 Å². The van der Waals surface area contributed by atoms with Crippen LogP contribution in [0.2, 0.25) is 10.0 Å². The molecule has 0 saturated heterocycles. The molecule has 4 aromatic carbocycles. The monoisotopic (exact) mass is 616 g/mol. The van der Waals surface area contributed by atoms with Crippen molar-refractivity contribution >= 4 is 51.2 Å². The Morgan fingerprint density at radius 2 is 1.64 bits per heavy atom. The highest BCUT2D eigenvalue weighted by Crippen LogP contribution is 2.31. The van der Waals surface area contributed by atoms with E-state index in [1.807, 2.05) is 71.4 Å². The van der Waals surface area contributed by atoms with Crippen LogP contribution in [0, 0.1) is 0 Å². The van der Waals surface area contributed by atoms with Gasteiger partial charge in [-0.1, -0.05) is 77.8 Å². The predicted molar refractivity (Wildman–Crippen MR) is 168 cm³/mol. The molecule has 6 nitrogen and oxygen atoms in total. The van der Waals surface area contributed by atoms with E-state index in [1.165, 1.54) is 13.4 Å². The summed E-state index contributed by atoms with van der Waals surface area (Å²) in [5.74, 6) is 0.319. The van der Waals surface area contributed by atoms with Crippen molar-refractivity contribution in [3.63, 3.8) is 0 Å². The third kappa shape index (κ3) is 6.82. The fourth-order valence-corrected chi connectivity index (χ4v) is 5.61. The van der Waals surface area contributed by atoms with Gasteiger partial charge in [0, 0.05) is 29.6 Å². The topological polar surface area (TPSA) is 78.3 Å². The smallest absolute Gasteiger partial charge is 0.337 e. The van der Waals surface area contributed by atoms with Gasteiger partial charge < -0.3 is 9.30 Å². The van der Waals surface area contributed by atoms with Crippen molar-refractivity contribution in [3.8, 4) is 22.4 Å². The van der Waals surface area contributed by atoms with E-state index in [4.69, 9.17) is 32.9 Å². The van der Waals surface area contributed by atoms with Crippen LogP contribution in [0.4, 0.5) is 0 Å². The van der Waals surface area contributed by atoms with E-state index in [2.05, 4.69) is 0 Å². The molecule has 5 rings (SSSR count). The van der Waals surface area contributed by atoms with Crippen LogP contribution in [-0.2, 0) is 21.1 Å². The van der Waals surface area contributed by atoms with Crippen LogP contribution < -0.4 is 0 Å². The molecule has 0 aliphatic heterocycles. The lowest BCUT2D eigenvalue weighted by Gasteiger charge is -2.07. The van der Waals surface area contributed by atoms with Crippen LogP contribution in [-0.4, -0.2) is 37.3 Å². The van der Waals surface area contributed by atoms with Gasteiger partial charge in [-0.25, -0.2) is 18.2 Å². The van der Waals surface area contributed by atoms with Gasteiger partial charge in [0.1, 0.15) is 5.82 Å². The van der Waals surface area contributed by atoms with Gasteiger partial charge in [-0.3, -0.25) is 0 Å². The summed E-state index contributed by atoms with van der Waals surface area (Å²) in [4.78, 5) is 17.0. The zero-order valence-electron chi connectivity index (χ0n) is 22.8. The van der Waals surface area contributed by atoms with Gasteiger partial charge in [-0.15, -0.1) is 0 Å². The Bertz CT molecular complexity index is 1900. The number of aromatic nitrogens is 2. The number of rotatable bonds is 8. The highest BCUT2D eigenvalue weighted by atomic mass is 35.5. The highest BCUT2D eigenvalue weighted by Gasteiger charge is 2.13. The SMILES string of the molecule is COC(=O)c1ccc(Cn2cc(-c3ccc(Cl)cc3Cl)nc2/C=C/c2ccc(-c3cccc(S(C)(=O)=O)c3)cc2)cc1. The lowest BCUT2D eigenvalue weighted by molar-refractivity contribution is 0.0600. The number of imidazole rings is 1. The standard InChI is InChI=1S/C33H26Cl2N2O4S/c1-41-33(38)25-13-8-23(9-14-25)20-37-21-31(29-16-15-27(34)19-30(29)35)36-32(37)17-10-22-6-11-24(12-7-22)26-4-3-5-28(18-26)42(2,39)40/h3-19,21H,20H2,1-2H3/b17-10+. The zero-order chi connectivity index (χ0) is 29.9. The number of hydrogen-bond donors (Lipinski definition) is 0. The van der Waals surface area contributed by atoms with Crippen molar-refractivity contribution < 1.29 is 17.9 Å². The molecular formula is C33H26Cl2N2O4S. The summed E-state index contributed by atoms with van der Waals surface area (Å²) in [7, 11) is -1.94. The average Bonchev–Trinajstić information content (AvgIpc) is 3.37. The predicted octanol–water partition coefficient (Wildman–Crippen LogP) is 7.93. The number of ether oxygens (including phenoxy) is 1. The van der Waals surface area contributed by atoms with Gasteiger partial charge in [-0.2, -0.15) is 0 Å². The Kier molecular flexibility index (Phi) is 8.64. The first-order chi connectivity index (χ1) is 20.1. The molecule has 0 spiro atoms. The number of carbonyl (C=O) groups excluding carboxylic acids is 1. The number of esters is 1. The van der Waals surface area contributed by atoms with Crippen LogP contribution in [0.5, 0.6) is 0 Å². The van der Waals surface area contributed by atoms with Crippen LogP contribution in [0.15, 0.2) is 102 Å². The number of carbonyl (C=O) groups is 1. The molecule has 0 bridgehead atoms. The van der Waals surface area contributed by atoms with Gasteiger partial charge in [0.25, 0.3) is 0 Å². The maximum Gasteiger partial charge on any atom is 0.337 e. The summed E-state index contributed by atoms with van der Waals surface area (Å²) in [6.45, 7) is 0.509. The lowest BCUT2D eigenvalue weighted by Crippen LogP contribution is -2.03. The molecule has 9 heteroatoms. The van der Waals surface area contributed by atoms with Crippen molar-refractivity contribution in [2.75, 3.05) is 13.4 Å². The molecule has 0 aliphatic carbocycles. The van der Waals surface area contributed by atoms with Crippen LogP contribution in [0.1, 0.15) is 27.3 Å². The summed E-state index contributed by atoms with van der Waals surface area (Å²) in [5, 5.41) is 1.04. The molecule has 212 valence electrons. The Balaban J connectivity index is 1.44. The molecule has 0 unspecified atom stereocenters. The van der Waals surface area contributed by atoms with Crippen LogP contribution in [0.3, 0.4) is 0 Å². The van der Waals surface area contributed by atoms with E-state index >= 15 is 0 Å². The molecule has 5 aromatic rings. The number of benzene rings is 4. The average molecular weight is 618 g/mol. The van der Waals surface area contributed by atoms with Gasteiger partial charge in [0.2, 0.25) is 0 Å². The van der Waals surface area contributed by atoms with E-state index in [0.29, 0.717) is 33.7 Å². The molecule has 0 aliphatic rings. The minimum absolute atomic E-state index is 0.285. The van der Waals surface area contributed by atoms with Crippen molar-refractivity contribution in [2.24, 2.45) is 0 Å². The van der Waals surface area contributed by atoms with Crippen molar-refractivity contribution in [1.29, 1.82) is 0 Å². The third-order valence-electron chi connectivity index (χ3n) is 6.67. The van der Waals surface area contributed by atoms with Crippen LogP contribution >= 0.6 is 23.2 Å². The summed E-state index contributed by atoms with van der Waals surface area (Å²) in [6, 6.07) is 27.3. The maximum atomic E-state index is 12.0. The number of methoxy groups -OCH3 is 1. The molecule has 0 radical (unpaired) electrons. The van der Waals surface area contributed by atoms with E-state index < -0.39 is 9.84 Å². The van der Waals surface area contributed by atoms with Gasteiger partial charge >= 0.3 is 5.97 Å². The summed E-state index contributed by atoms with van der Waals surface area (Å²) < 4.78 is 30.7. The normalized spacial score (nSPS) is 11.6. The molecule has 0 amide bonds. The molecule has 0 N–H and O–H groups in total. The van der Waals surface area contributed by atoms with Crippen molar-refractivity contribution in [3.05, 3.63) is 130 Å². The highest BCUT2D eigenvalue weighted by molar-refractivity contribution is 7.90. The van der Waals surface area contributed by atoms with Gasteiger partial charge in [0.15, 0.2) is 9.84 Å². The van der Waals surface area contributed by atoms with E-state index in [9.17, 15) is 13.2 Å².